The van der Waals surface area contributed by atoms with Gasteiger partial charge in [-0.25, -0.2) is 17.5 Å². The molecule has 1 aromatic carbocycles. The molecular formula is C12H18FNO2S. The molecule has 0 bridgehead atoms. The average molecular weight is 259 g/mol. The Balaban J connectivity index is 2.92. The summed E-state index contributed by atoms with van der Waals surface area (Å²) in [5, 5.41) is 0. The van der Waals surface area contributed by atoms with Crippen molar-refractivity contribution < 1.29 is 12.8 Å². The Hall–Kier alpha value is -0.940. The van der Waals surface area contributed by atoms with Gasteiger partial charge in [0.25, 0.3) is 0 Å². The minimum Gasteiger partial charge on any atom is -0.212 e. The Labute approximate surface area is 102 Å². The van der Waals surface area contributed by atoms with Crippen molar-refractivity contribution in [2.45, 2.75) is 32.7 Å². The van der Waals surface area contributed by atoms with Crippen LogP contribution in [0.3, 0.4) is 0 Å². The predicted molar refractivity (Wildman–Crippen MR) is 66.6 cm³/mol. The maximum atomic E-state index is 12.8. The van der Waals surface area contributed by atoms with E-state index in [2.05, 4.69) is 4.72 Å². The average Bonchev–Trinajstić information content (AvgIpc) is 2.16. The molecule has 0 unspecified atom stereocenters. The van der Waals surface area contributed by atoms with Gasteiger partial charge < -0.3 is 0 Å². The molecular weight excluding hydrogens is 241 g/mol. The summed E-state index contributed by atoms with van der Waals surface area (Å²) in [5.74, 6) is -0.238. The molecule has 5 heteroatoms. The van der Waals surface area contributed by atoms with Crippen molar-refractivity contribution in [3.05, 3.63) is 35.6 Å². The van der Waals surface area contributed by atoms with Gasteiger partial charge in [-0.1, -0.05) is 19.1 Å². The smallest absolute Gasteiger partial charge is 0.212 e. The molecule has 0 aliphatic rings. The quantitative estimate of drug-likeness (QED) is 0.882. The lowest BCUT2D eigenvalue weighted by Gasteiger charge is -2.26. The summed E-state index contributed by atoms with van der Waals surface area (Å²) >= 11 is 0. The van der Waals surface area contributed by atoms with Crippen LogP contribution in [0.4, 0.5) is 4.39 Å². The Morgan fingerprint density at radius 3 is 2.24 bits per heavy atom. The summed E-state index contributed by atoms with van der Waals surface area (Å²) < 4.78 is 38.8. The molecule has 0 heterocycles. The van der Waals surface area contributed by atoms with E-state index < -0.39 is 15.6 Å². The minimum atomic E-state index is -3.29. The van der Waals surface area contributed by atoms with Gasteiger partial charge in [0.15, 0.2) is 0 Å². The van der Waals surface area contributed by atoms with Crippen LogP contribution in [0.5, 0.6) is 0 Å². The van der Waals surface area contributed by atoms with Crippen LogP contribution >= 0.6 is 0 Å². The van der Waals surface area contributed by atoms with E-state index in [-0.39, 0.29) is 11.6 Å². The number of hydrogen-bond acceptors (Lipinski definition) is 2. The SMILES string of the molecule is CCCS(=O)(=O)NC(C)(C)c1ccc(F)cc1. The molecule has 3 nitrogen and oxygen atoms in total. The van der Waals surface area contributed by atoms with E-state index in [1.165, 1.54) is 12.1 Å². The molecule has 0 aliphatic heterocycles. The fraction of sp³-hybridized carbons (Fsp3) is 0.500. The lowest BCUT2D eigenvalue weighted by Crippen LogP contribution is -2.41. The molecule has 0 amide bonds. The first-order chi connectivity index (χ1) is 7.77. The third-order valence-corrected chi connectivity index (χ3v) is 4.22. The number of nitrogens with one attached hydrogen (secondary N) is 1. The maximum Gasteiger partial charge on any atom is 0.212 e. The normalized spacial score (nSPS) is 12.7. The highest BCUT2D eigenvalue weighted by atomic mass is 32.2. The number of hydrogen-bond donors (Lipinski definition) is 1. The highest BCUT2D eigenvalue weighted by Gasteiger charge is 2.26. The predicted octanol–water partition coefficient (Wildman–Crippen LogP) is 2.39. The van der Waals surface area contributed by atoms with Crippen LogP contribution in [0.15, 0.2) is 24.3 Å². The zero-order valence-electron chi connectivity index (χ0n) is 10.3. The van der Waals surface area contributed by atoms with Crippen LogP contribution in [-0.2, 0) is 15.6 Å². The van der Waals surface area contributed by atoms with Crippen LogP contribution < -0.4 is 4.72 Å². The van der Waals surface area contributed by atoms with E-state index in [9.17, 15) is 12.8 Å². The second-order valence-electron chi connectivity index (χ2n) is 4.55. The molecule has 0 spiro atoms. The largest absolute Gasteiger partial charge is 0.212 e. The van der Waals surface area contributed by atoms with E-state index in [0.717, 1.165) is 5.56 Å². The fourth-order valence-corrected chi connectivity index (χ4v) is 3.17. The van der Waals surface area contributed by atoms with Gasteiger partial charge in [-0.3, -0.25) is 0 Å². The topological polar surface area (TPSA) is 46.2 Å². The Kier molecular flexibility index (Phi) is 4.27. The molecule has 1 rings (SSSR count). The summed E-state index contributed by atoms with van der Waals surface area (Å²) in [6.07, 6.45) is 0.564. The molecule has 0 saturated heterocycles. The van der Waals surface area contributed by atoms with Crippen molar-refractivity contribution in [2.75, 3.05) is 5.75 Å². The van der Waals surface area contributed by atoms with Gasteiger partial charge in [-0.15, -0.1) is 0 Å². The molecule has 0 saturated carbocycles. The lowest BCUT2D eigenvalue weighted by atomic mass is 9.96. The highest BCUT2D eigenvalue weighted by molar-refractivity contribution is 7.89. The monoisotopic (exact) mass is 259 g/mol. The van der Waals surface area contributed by atoms with E-state index in [1.54, 1.807) is 26.0 Å². The third-order valence-electron chi connectivity index (χ3n) is 2.45. The van der Waals surface area contributed by atoms with Crippen LogP contribution in [0.25, 0.3) is 0 Å². The maximum absolute atomic E-state index is 12.8. The first-order valence-electron chi connectivity index (χ1n) is 5.54. The second-order valence-corrected chi connectivity index (χ2v) is 6.39. The Bertz CT molecular complexity index is 466. The van der Waals surface area contributed by atoms with E-state index >= 15 is 0 Å². The summed E-state index contributed by atoms with van der Waals surface area (Å²) in [6.45, 7) is 5.32. The lowest BCUT2D eigenvalue weighted by molar-refractivity contribution is 0.470. The standard InChI is InChI=1S/C12H18FNO2S/c1-4-9-17(15,16)14-12(2,3)10-5-7-11(13)8-6-10/h5-8,14H,4,9H2,1-3H3. The first kappa shape index (κ1) is 14.1. The Morgan fingerprint density at radius 1 is 1.24 bits per heavy atom. The number of sulfonamides is 1. The van der Waals surface area contributed by atoms with Crippen molar-refractivity contribution in [3.8, 4) is 0 Å². The van der Waals surface area contributed by atoms with Gasteiger partial charge in [0.2, 0.25) is 10.0 Å². The molecule has 0 radical (unpaired) electrons. The number of halogens is 1. The summed E-state index contributed by atoms with van der Waals surface area (Å²) in [7, 11) is -3.29. The van der Waals surface area contributed by atoms with E-state index in [0.29, 0.717) is 6.42 Å². The van der Waals surface area contributed by atoms with Gasteiger partial charge >= 0.3 is 0 Å². The molecule has 0 aliphatic carbocycles. The van der Waals surface area contributed by atoms with Gasteiger partial charge in [0.05, 0.1) is 11.3 Å². The third kappa shape index (κ3) is 4.09. The number of benzene rings is 1. The van der Waals surface area contributed by atoms with E-state index in [4.69, 9.17) is 0 Å². The van der Waals surface area contributed by atoms with Crippen molar-refractivity contribution in [1.82, 2.24) is 4.72 Å². The molecule has 96 valence electrons. The van der Waals surface area contributed by atoms with Gasteiger partial charge in [0.1, 0.15) is 5.82 Å². The van der Waals surface area contributed by atoms with Crippen LogP contribution in [0, 0.1) is 5.82 Å². The van der Waals surface area contributed by atoms with Crippen molar-refractivity contribution in [2.24, 2.45) is 0 Å². The summed E-state index contributed by atoms with van der Waals surface area (Å²) in [6, 6.07) is 5.82. The van der Waals surface area contributed by atoms with Gasteiger partial charge in [-0.05, 0) is 38.0 Å². The van der Waals surface area contributed by atoms with Crippen LogP contribution in [0.2, 0.25) is 0 Å². The summed E-state index contributed by atoms with van der Waals surface area (Å²) in [5.41, 5.74) is 0.000373. The molecule has 1 aromatic rings. The van der Waals surface area contributed by atoms with Crippen LogP contribution in [-0.4, -0.2) is 14.2 Å². The van der Waals surface area contributed by atoms with Crippen molar-refractivity contribution in [3.63, 3.8) is 0 Å². The fourth-order valence-electron chi connectivity index (χ4n) is 1.63. The number of rotatable bonds is 5. The van der Waals surface area contributed by atoms with Crippen molar-refractivity contribution in [1.29, 1.82) is 0 Å². The minimum absolute atomic E-state index is 0.0949. The second kappa shape index (κ2) is 5.14. The zero-order chi connectivity index (χ0) is 13.1. The summed E-state index contributed by atoms with van der Waals surface area (Å²) in [4.78, 5) is 0. The van der Waals surface area contributed by atoms with E-state index in [1.807, 2.05) is 6.92 Å². The first-order valence-corrected chi connectivity index (χ1v) is 7.20. The van der Waals surface area contributed by atoms with Gasteiger partial charge in [-0.2, -0.15) is 0 Å². The molecule has 0 fully saturated rings. The van der Waals surface area contributed by atoms with Gasteiger partial charge in [0, 0.05) is 0 Å². The molecule has 0 aromatic heterocycles. The molecule has 17 heavy (non-hydrogen) atoms. The van der Waals surface area contributed by atoms with Crippen LogP contribution in [0.1, 0.15) is 32.8 Å². The van der Waals surface area contributed by atoms with Crippen molar-refractivity contribution >= 4 is 10.0 Å². The molecule has 1 N–H and O–H groups in total. The molecule has 0 atom stereocenters. The highest BCUT2D eigenvalue weighted by Crippen LogP contribution is 2.21. The Morgan fingerprint density at radius 2 is 1.76 bits per heavy atom. The zero-order valence-corrected chi connectivity index (χ0v) is 11.1.